The summed E-state index contributed by atoms with van der Waals surface area (Å²) in [5.41, 5.74) is 2.51. The SMILES string of the molecule is CNCCC#Cc1ccccc1C(C)C. The molecular formula is C14H19N. The summed E-state index contributed by atoms with van der Waals surface area (Å²) in [5, 5.41) is 3.09. The molecule has 0 heterocycles. The Morgan fingerprint density at radius 3 is 2.67 bits per heavy atom. The van der Waals surface area contributed by atoms with E-state index >= 15 is 0 Å². The molecule has 0 radical (unpaired) electrons. The van der Waals surface area contributed by atoms with Gasteiger partial charge in [-0.1, -0.05) is 43.9 Å². The van der Waals surface area contributed by atoms with E-state index in [2.05, 4.69) is 49.2 Å². The standard InChI is InChI=1S/C14H19N/c1-12(2)14-10-5-4-8-13(14)9-6-7-11-15-3/h4-5,8,10,12,15H,7,11H2,1-3H3. The van der Waals surface area contributed by atoms with Crippen molar-refractivity contribution >= 4 is 0 Å². The second kappa shape index (κ2) is 6.27. The number of benzene rings is 1. The average molecular weight is 201 g/mol. The van der Waals surface area contributed by atoms with Crippen molar-refractivity contribution in [3.05, 3.63) is 35.4 Å². The molecule has 0 unspecified atom stereocenters. The summed E-state index contributed by atoms with van der Waals surface area (Å²) in [6.45, 7) is 5.36. The number of hydrogen-bond acceptors (Lipinski definition) is 1. The molecule has 0 aliphatic carbocycles. The molecule has 1 N–H and O–H groups in total. The van der Waals surface area contributed by atoms with Crippen LogP contribution < -0.4 is 5.32 Å². The van der Waals surface area contributed by atoms with Gasteiger partial charge in [-0.05, 0) is 24.6 Å². The number of hydrogen-bond donors (Lipinski definition) is 1. The molecule has 0 aliphatic heterocycles. The summed E-state index contributed by atoms with van der Waals surface area (Å²) in [5.74, 6) is 6.97. The van der Waals surface area contributed by atoms with Crippen molar-refractivity contribution in [3.63, 3.8) is 0 Å². The monoisotopic (exact) mass is 201 g/mol. The van der Waals surface area contributed by atoms with Crippen molar-refractivity contribution in [2.24, 2.45) is 0 Å². The van der Waals surface area contributed by atoms with Crippen LogP contribution in [-0.2, 0) is 0 Å². The molecule has 0 aromatic heterocycles. The highest BCUT2D eigenvalue weighted by molar-refractivity contribution is 5.42. The van der Waals surface area contributed by atoms with Gasteiger partial charge in [0.25, 0.3) is 0 Å². The molecule has 0 bridgehead atoms. The maximum atomic E-state index is 3.24. The van der Waals surface area contributed by atoms with Crippen molar-refractivity contribution in [1.82, 2.24) is 5.32 Å². The summed E-state index contributed by atoms with van der Waals surface area (Å²) >= 11 is 0. The summed E-state index contributed by atoms with van der Waals surface area (Å²) < 4.78 is 0. The second-order valence-electron chi connectivity index (χ2n) is 3.90. The maximum Gasteiger partial charge on any atom is 0.0279 e. The minimum Gasteiger partial charge on any atom is -0.319 e. The third-order valence-corrected chi connectivity index (χ3v) is 2.31. The Morgan fingerprint density at radius 2 is 2.00 bits per heavy atom. The van der Waals surface area contributed by atoms with Crippen LogP contribution in [0.1, 0.15) is 37.3 Å². The van der Waals surface area contributed by atoms with Crippen LogP contribution in [-0.4, -0.2) is 13.6 Å². The van der Waals surface area contributed by atoms with Crippen LogP contribution in [0.4, 0.5) is 0 Å². The van der Waals surface area contributed by atoms with Gasteiger partial charge in [0, 0.05) is 18.5 Å². The van der Waals surface area contributed by atoms with Gasteiger partial charge in [-0.15, -0.1) is 0 Å². The van der Waals surface area contributed by atoms with E-state index in [-0.39, 0.29) is 0 Å². The number of nitrogens with one attached hydrogen (secondary N) is 1. The zero-order valence-corrected chi connectivity index (χ0v) is 9.80. The lowest BCUT2D eigenvalue weighted by Gasteiger charge is -2.07. The van der Waals surface area contributed by atoms with Crippen LogP contribution in [0.2, 0.25) is 0 Å². The Bertz CT molecular complexity index is 355. The molecule has 15 heavy (non-hydrogen) atoms. The van der Waals surface area contributed by atoms with E-state index in [1.807, 2.05) is 13.1 Å². The smallest absolute Gasteiger partial charge is 0.0279 e. The largest absolute Gasteiger partial charge is 0.319 e. The normalized spacial score (nSPS) is 9.87. The lowest BCUT2D eigenvalue weighted by molar-refractivity contribution is 0.818. The first-order valence-electron chi connectivity index (χ1n) is 5.48. The van der Waals surface area contributed by atoms with Gasteiger partial charge < -0.3 is 5.32 Å². The first-order chi connectivity index (χ1) is 7.25. The molecule has 0 fully saturated rings. The van der Waals surface area contributed by atoms with E-state index in [4.69, 9.17) is 0 Å². The van der Waals surface area contributed by atoms with E-state index in [0.29, 0.717) is 5.92 Å². The molecule has 0 amide bonds. The van der Waals surface area contributed by atoms with Gasteiger partial charge in [0.2, 0.25) is 0 Å². The molecule has 1 aromatic carbocycles. The minimum absolute atomic E-state index is 0.541. The third-order valence-electron chi connectivity index (χ3n) is 2.31. The van der Waals surface area contributed by atoms with Gasteiger partial charge >= 0.3 is 0 Å². The molecular weight excluding hydrogens is 182 g/mol. The van der Waals surface area contributed by atoms with Gasteiger partial charge in [-0.2, -0.15) is 0 Å². The van der Waals surface area contributed by atoms with E-state index < -0.39 is 0 Å². The van der Waals surface area contributed by atoms with Crippen LogP contribution in [0.25, 0.3) is 0 Å². The summed E-state index contributed by atoms with van der Waals surface area (Å²) in [6, 6.07) is 8.39. The Labute approximate surface area is 92.9 Å². The van der Waals surface area contributed by atoms with Crippen molar-refractivity contribution in [3.8, 4) is 11.8 Å². The first kappa shape index (κ1) is 11.8. The fraction of sp³-hybridized carbons (Fsp3) is 0.429. The lowest BCUT2D eigenvalue weighted by atomic mass is 9.97. The molecule has 0 spiro atoms. The second-order valence-corrected chi connectivity index (χ2v) is 3.90. The van der Waals surface area contributed by atoms with Crippen molar-refractivity contribution in [2.45, 2.75) is 26.2 Å². The van der Waals surface area contributed by atoms with E-state index in [1.54, 1.807) is 0 Å². The van der Waals surface area contributed by atoms with Crippen molar-refractivity contribution < 1.29 is 0 Å². The summed E-state index contributed by atoms with van der Waals surface area (Å²) in [6.07, 6.45) is 0.906. The molecule has 80 valence electrons. The molecule has 1 heteroatoms. The molecule has 0 atom stereocenters. The number of rotatable bonds is 3. The van der Waals surface area contributed by atoms with Crippen LogP contribution in [0, 0.1) is 11.8 Å². The fourth-order valence-corrected chi connectivity index (χ4v) is 1.46. The van der Waals surface area contributed by atoms with Crippen LogP contribution in [0.3, 0.4) is 0 Å². The molecule has 1 rings (SSSR count). The van der Waals surface area contributed by atoms with Gasteiger partial charge in [-0.3, -0.25) is 0 Å². The van der Waals surface area contributed by atoms with Gasteiger partial charge in [-0.25, -0.2) is 0 Å². The minimum atomic E-state index is 0.541. The predicted octanol–water partition coefficient (Wildman–Crippen LogP) is 2.77. The summed E-state index contributed by atoms with van der Waals surface area (Å²) in [4.78, 5) is 0. The zero-order valence-electron chi connectivity index (χ0n) is 9.80. The first-order valence-corrected chi connectivity index (χ1v) is 5.48. The fourth-order valence-electron chi connectivity index (χ4n) is 1.46. The van der Waals surface area contributed by atoms with E-state index in [0.717, 1.165) is 13.0 Å². The van der Waals surface area contributed by atoms with Gasteiger partial charge in [0.05, 0.1) is 0 Å². The van der Waals surface area contributed by atoms with Crippen LogP contribution in [0.5, 0.6) is 0 Å². The molecule has 0 aliphatic rings. The Morgan fingerprint density at radius 1 is 1.27 bits per heavy atom. The molecule has 1 nitrogen and oxygen atoms in total. The molecule has 0 saturated carbocycles. The highest BCUT2D eigenvalue weighted by atomic mass is 14.8. The third kappa shape index (κ3) is 3.77. The highest BCUT2D eigenvalue weighted by Gasteiger charge is 2.02. The van der Waals surface area contributed by atoms with Gasteiger partial charge in [0.15, 0.2) is 0 Å². The Hall–Kier alpha value is -1.26. The van der Waals surface area contributed by atoms with Crippen LogP contribution in [0.15, 0.2) is 24.3 Å². The van der Waals surface area contributed by atoms with E-state index in [9.17, 15) is 0 Å². The Kier molecular flexibility index (Phi) is 4.93. The molecule has 1 aromatic rings. The van der Waals surface area contributed by atoms with Crippen molar-refractivity contribution in [2.75, 3.05) is 13.6 Å². The predicted molar refractivity (Wildman–Crippen MR) is 66.0 cm³/mol. The van der Waals surface area contributed by atoms with Crippen LogP contribution >= 0.6 is 0 Å². The Balaban J connectivity index is 2.78. The maximum absolute atomic E-state index is 3.24. The van der Waals surface area contributed by atoms with Gasteiger partial charge in [0.1, 0.15) is 0 Å². The lowest BCUT2D eigenvalue weighted by Crippen LogP contribution is -2.05. The van der Waals surface area contributed by atoms with Crippen molar-refractivity contribution in [1.29, 1.82) is 0 Å². The average Bonchev–Trinajstić information content (AvgIpc) is 2.25. The summed E-state index contributed by atoms with van der Waals surface area (Å²) in [7, 11) is 1.95. The quantitative estimate of drug-likeness (QED) is 0.585. The topological polar surface area (TPSA) is 12.0 Å². The van der Waals surface area contributed by atoms with E-state index in [1.165, 1.54) is 11.1 Å². The highest BCUT2D eigenvalue weighted by Crippen LogP contribution is 2.17. The zero-order chi connectivity index (χ0) is 11.1. The molecule has 0 saturated heterocycles.